The second-order valence-electron chi connectivity index (χ2n) is 8.88. The Morgan fingerprint density at radius 3 is 2.36 bits per heavy atom. The molecule has 0 aromatic heterocycles. The number of nitrogens with one attached hydrogen (secondary N) is 1. The molecule has 1 aromatic rings. The minimum Gasteiger partial charge on any atom is -0.496 e. The summed E-state index contributed by atoms with van der Waals surface area (Å²) in [5.74, 6) is 3.86. The topological polar surface area (TPSA) is 38.3 Å². The van der Waals surface area contributed by atoms with Crippen LogP contribution in [0.3, 0.4) is 0 Å². The van der Waals surface area contributed by atoms with E-state index in [4.69, 9.17) is 4.74 Å². The number of amides is 1. The lowest BCUT2D eigenvalue weighted by molar-refractivity contribution is -0.125. The molecule has 1 unspecified atom stereocenters. The molecular formula is C22H31NO2. The van der Waals surface area contributed by atoms with Crippen molar-refractivity contribution in [2.75, 3.05) is 7.11 Å². The van der Waals surface area contributed by atoms with Crippen molar-refractivity contribution in [3.05, 3.63) is 29.8 Å². The Bertz CT molecular complexity index is 603. The van der Waals surface area contributed by atoms with Gasteiger partial charge in [-0.2, -0.15) is 0 Å². The Morgan fingerprint density at radius 1 is 1.16 bits per heavy atom. The fourth-order valence-electron chi connectivity index (χ4n) is 6.33. The SMILES string of the molecule is COc1ccccc1CCC(=O)NC(C)C12CC3CC(CC(C3)C1)C2. The van der Waals surface area contributed by atoms with Crippen LogP contribution in [0.2, 0.25) is 0 Å². The number of hydrogen-bond donors (Lipinski definition) is 1. The molecule has 4 aliphatic carbocycles. The molecule has 5 rings (SSSR count). The highest BCUT2D eigenvalue weighted by atomic mass is 16.5. The molecule has 0 aliphatic heterocycles. The van der Waals surface area contributed by atoms with Crippen molar-refractivity contribution >= 4 is 5.91 Å². The van der Waals surface area contributed by atoms with Crippen LogP contribution in [0.1, 0.15) is 57.4 Å². The van der Waals surface area contributed by atoms with Gasteiger partial charge in [-0.15, -0.1) is 0 Å². The van der Waals surface area contributed by atoms with Gasteiger partial charge in [-0.05, 0) is 86.7 Å². The zero-order valence-corrected chi connectivity index (χ0v) is 15.6. The second-order valence-corrected chi connectivity index (χ2v) is 8.88. The van der Waals surface area contributed by atoms with E-state index in [1.165, 1.54) is 38.5 Å². The molecule has 136 valence electrons. The van der Waals surface area contributed by atoms with E-state index in [0.29, 0.717) is 17.9 Å². The lowest BCUT2D eigenvalue weighted by Gasteiger charge is -2.59. The van der Waals surface area contributed by atoms with Crippen LogP contribution < -0.4 is 10.1 Å². The molecule has 0 saturated heterocycles. The van der Waals surface area contributed by atoms with E-state index in [2.05, 4.69) is 18.3 Å². The van der Waals surface area contributed by atoms with Crippen molar-refractivity contribution in [3.8, 4) is 5.75 Å². The van der Waals surface area contributed by atoms with Crippen molar-refractivity contribution in [1.29, 1.82) is 0 Å². The lowest BCUT2D eigenvalue weighted by Crippen LogP contribution is -2.55. The molecular weight excluding hydrogens is 310 g/mol. The predicted molar refractivity (Wildman–Crippen MR) is 99.5 cm³/mol. The minimum absolute atomic E-state index is 0.189. The highest BCUT2D eigenvalue weighted by Gasteiger charge is 2.53. The first kappa shape index (κ1) is 16.9. The average Bonchev–Trinajstić information content (AvgIpc) is 2.59. The van der Waals surface area contributed by atoms with Crippen LogP contribution in [0.15, 0.2) is 24.3 Å². The molecule has 4 fully saturated rings. The van der Waals surface area contributed by atoms with E-state index in [-0.39, 0.29) is 5.91 Å². The van der Waals surface area contributed by atoms with E-state index < -0.39 is 0 Å². The number of para-hydroxylation sites is 1. The molecule has 4 aliphatic rings. The van der Waals surface area contributed by atoms with Crippen LogP contribution in [-0.4, -0.2) is 19.1 Å². The van der Waals surface area contributed by atoms with Crippen LogP contribution >= 0.6 is 0 Å². The maximum Gasteiger partial charge on any atom is 0.220 e. The molecule has 4 saturated carbocycles. The molecule has 1 N–H and O–H groups in total. The number of carbonyl (C=O) groups excluding carboxylic acids is 1. The number of rotatable bonds is 6. The van der Waals surface area contributed by atoms with Gasteiger partial charge >= 0.3 is 0 Å². The first-order valence-electron chi connectivity index (χ1n) is 9.99. The third-order valence-corrected chi connectivity index (χ3v) is 7.20. The molecule has 1 amide bonds. The highest BCUT2D eigenvalue weighted by molar-refractivity contribution is 5.76. The quantitative estimate of drug-likeness (QED) is 0.835. The number of benzene rings is 1. The Hall–Kier alpha value is -1.51. The van der Waals surface area contributed by atoms with E-state index in [9.17, 15) is 4.79 Å². The largest absolute Gasteiger partial charge is 0.496 e. The maximum atomic E-state index is 12.6. The summed E-state index contributed by atoms with van der Waals surface area (Å²) in [5.41, 5.74) is 1.50. The third-order valence-electron chi connectivity index (χ3n) is 7.20. The summed E-state index contributed by atoms with van der Waals surface area (Å²) in [6.45, 7) is 2.26. The Labute approximate surface area is 151 Å². The Morgan fingerprint density at radius 2 is 1.76 bits per heavy atom. The van der Waals surface area contributed by atoms with Gasteiger partial charge in [0, 0.05) is 12.5 Å². The first-order chi connectivity index (χ1) is 12.1. The monoisotopic (exact) mass is 341 g/mol. The van der Waals surface area contributed by atoms with Gasteiger partial charge in [0.25, 0.3) is 0 Å². The molecule has 1 atom stereocenters. The normalized spacial score (nSPS) is 33.9. The van der Waals surface area contributed by atoms with E-state index in [0.717, 1.165) is 35.5 Å². The number of ether oxygens (including phenoxy) is 1. The standard InChI is InChI=1S/C22H31NO2/c1-15(22-12-16-9-17(13-22)11-18(10-16)14-22)23-21(24)8-7-19-5-3-4-6-20(19)25-2/h3-6,15-18H,7-14H2,1-2H3,(H,23,24). The van der Waals surface area contributed by atoms with Gasteiger partial charge in [-0.25, -0.2) is 0 Å². The molecule has 0 radical (unpaired) electrons. The molecule has 0 heterocycles. The van der Waals surface area contributed by atoms with Gasteiger partial charge in [0.1, 0.15) is 5.75 Å². The minimum atomic E-state index is 0.189. The maximum absolute atomic E-state index is 12.6. The predicted octanol–water partition coefficient (Wildman–Crippen LogP) is 4.35. The summed E-state index contributed by atoms with van der Waals surface area (Å²) in [6, 6.07) is 8.30. The van der Waals surface area contributed by atoms with Gasteiger partial charge in [-0.3, -0.25) is 4.79 Å². The van der Waals surface area contributed by atoms with Crippen LogP contribution in [0.4, 0.5) is 0 Å². The van der Waals surface area contributed by atoms with Crippen molar-refractivity contribution in [2.45, 2.75) is 64.3 Å². The molecule has 3 nitrogen and oxygen atoms in total. The van der Waals surface area contributed by atoms with Crippen LogP contribution in [0.5, 0.6) is 5.75 Å². The summed E-state index contributed by atoms with van der Waals surface area (Å²) in [4.78, 5) is 12.6. The van der Waals surface area contributed by atoms with Crippen LogP contribution in [-0.2, 0) is 11.2 Å². The summed E-state index contributed by atoms with van der Waals surface area (Å²) in [5, 5.41) is 3.36. The van der Waals surface area contributed by atoms with Crippen molar-refractivity contribution < 1.29 is 9.53 Å². The van der Waals surface area contributed by atoms with Crippen LogP contribution in [0, 0.1) is 23.2 Å². The number of carbonyl (C=O) groups is 1. The van der Waals surface area contributed by atoms with Gasteiger partial charge in [0.2, 0.25) is 5.91 Å². The highest BCUT2D eigenvalue weighted by Crippen LogP contribution is 2.61. The first-order valence-corrected chi connectivity index (χ1v) is 9.99. The molecule has 3 heteroatoms. The van der Waals surface area contributed by atoms with Gasteiger partial charge in [-0.1, -0.05) is 18.2 Å². The average molecular weight is 341 g/mol. The van der Waals surface area contributed by atoms with E-state index >= 15 is 0 Å². The zero-order valence-electron chi connectivity index (χ0n) is 15.6. The molecule has 1 aromatic carbocycles. The summed E-state index contributed by atoms with van der Waals surface area (Å²) in [7, 11) is 1.69. The van der Waals surface area contributed by atoms with Crippen molar-refractivity contribution in [2.24, 2.45) is 23.2 Å². The fourth-order valence-corrected chi connectivity index (χ4v) is 6.33. The van der Waals surface area contributed by atoms with E-state index in [1.807, 2.05) is 18.2 Å². The molecule has 0 spiro atoms. The Kier molecular flexibility index (Phi) is 4.51. The Balaban J connectivity index is 1.35. The van der Waals surface area contributed by atoms with Gasteiger partial charge < -0.3 is 10.1 Å². The number of hydrogen-bond acceptors (Lipinski definition) is 2. The number of aryl methyl sites for hydroxylation is 1. The van der Waals surface area contributed by atoms with Crippen molar-refractivity contribution in [3.63, 3.8) is 0 Å². The smallest absolute Gasteiger partial charge is 0.220 e. The lowest BCUT2D eigenvalue weighted by atomic mass is 9.48. The van der Waals surface area contributed by atoms with Crippen LogP contribution in [0.25, 0.3) is 0 Å². The molecule has 4 bridgehead atoms. The van der Waals surface area contributed by atoms with Gasteiger partial charge in [0.05, 0.1) is 7.11 Å². The summed E-state index contributed by atoms with van der Waals surface area (Å²) in [6.07, 6.45) is 9.66. The third kappa shape index (κ3) is 3.30. The summed E-state index contributed by atoms with van der Waals surface area (Å²) < 4.78 is 5.39. The van der Waals surface area contributed by atoms with Gasteiger partial charge in [0.15, 0.2) is 0 Å². The zero-order chi connectivity index (χ0) is 17.4. The second kappa shape index (κ2) is 6.66. The molecule has 25 heavy (non-hydrogen) atoms. The summed E-state index contributed by atoms with van der Waals surface area (Å²) >= 11 is 0. The van der Waals surface area contributed by atoms with E-state index in [1.54, 1.807) is 7.11 Å². The number of methoxy groups -OCH3 is 1. The van der Waals surface area contributed by atoms with Crippen molar-refractivity contribution in [1.82, 2.24) is 5.32 Å². The fraction of sp³-hybridized carbons (Fsp3) is 0.682.